The second-order valence-corrected chi connectivity index (χ2v) is 8.16. The third kappa shape index (κ3) is 5.37. The number of para-hydroxylation sites is 1. The molecule has 1 amide bonds. The maximum Gasteiger partial charge on any atom is 0.227 e. The molecular weight excluding hydrogens is 418 g/mol. The van der Waals surface area contributed by atoms with Gasteiger partial charge in [-0.25, -0.2) is 4.68 Å². The van der Waals surface area contributed by atoms with Crippen molar-refractivity contribution in [2.24, 2.45) is 0 Å². The average molecular weight is 450 g/mol. The fourth-order valence-corrected chi connectivity index (χ4v) is 4.05. The number of carbonyl (C=O) groups is 1. The van der Waals surface area contributed by atoms with Gasteiger partial charge >= 0.3 is 0 Å². The summed E-state index contributed by atoms with van der Waals surface area (Å²) in [6.45, 7) is 5.58. The van der Waals surface area contributed by atoms with E-state index >= 15 is 0 Å². The van der Waals surface area contributed by atoms with Crippen LogP contribution in [0.2, 0.25) is 0 Å². The number of amides is 1. The smallest absolute Gasteiger partial charge is 0.227 e. The molecule has 1 aliphatic rings. The largest absolute Gasteiger partial charge is 0.497 e. The molecule has 1 saturated heterocycles. The molecule has 2 heterocycles. The molecule has 1 aromatic heterocycles. The van der Waals surface area contributed by atoms with Gasteiger partial charge in [0.15, 0.2) is 0 Å². The maximum absolute atomic E-state index is 12.8. The summed E-state index contributed by atoms with van der Waals surface area (Å²) >= 11 is 0. The second kappa shape index (κ2) is 10.5. The first-order valence-corrected chi connectivity index (χ1v) is 11.4. The van der Waals surface area contributed by atoms with E-state index in [0.717, 1.165) is 36.4 Å². The summed E-state index contributed by atoms with van der Waals surface area (Å²) in [5, 5.41) is 4.78. The SMILES string of the molecule is CCC(=O)N(Cc1c(C)nn(-c2ccccc2)c1Oc1cccc(OC)c1)CC1CCCO1. The first-order chi connectivity index (χ1) is 16.1. The van der Waals surface area contributed by atoms with Gasteiger partial charge in [-0.1, -0.05) is 31.2 Å². The van der Waals surface area contributed by atoms with Crippen molar-refractivity contribution >= 4 is 5.91 Å². The molecule has 7 heteroatoms. The van der Waals surface area contributed by atoms with Gasteiger partial charge in [-0.3, -0.25) is 4.79 Å². The van der Waals surface area contributed by atoms with E-state index in [1.807, 2.05) is 73.3 Å². The van der Waals surface area contributed by atoms with Gasteiger partial charge in [0.25, 0.3) is 0 Å². The van der Waals surface area contributed by atoms with Gasteiger partial charge in [-0.05, 0) is 44.0 Å². The van der Waals surface area contributed by atoms with E-state index in [0.29, 0.717) is 36.9 Å². The van der Waals surface area contributed by atoms with Crippen molar-refractivity contribution in [2.75, 3.05) is 20.3 Å². The monoisotopic (exact) mass is 449 g/mol. The summed E-state index contributed by atoms with van der Waals surface area (Å²) in [4.78, 5) is 14.7. The highest BCUT2D eigenvalue weighted by atomic mass is 16.5. The lowest BCUT2D eigenvalue weighted by atomic mass is 10.2. The minimum Gasteiger partial charge on any atom is -0.497 e. The number of rotatable bonds is 9. The van der Waals surface area contributed by atoms with Gasteiger partial charge in [-0.15, -0.1) is 0 Å². The van der Waals surface area contributed by atoms with Crippen LogP contribution in [0.5, 0.6) is 17.4 Å². The molecule has 2 aromatic carbocycles. The third-order valence-electron chi connectivity index (χ3n) is 5.85. The fraction of sp³-hybridized carbons (Fsp3) is 0.385. The van der Waals surface area contributed by atoms with E-state index in [1.54, 1.807) is 11.8 Å². The predicted octanol–water partition coefficient (Wildman–Crippen LogP) is 4.90. The van der Waals surface area contributed by atoms with Crippen molar-refractivity contribution < 1.29 is 19.0 Å². The van der Waals surface area contributed by atoms with Crippen LogP contribution in [-0.2, 0) is 16.1 Å². The molecule has 0 bridgehead atoms. The Labute approximate surface area is 194 Å². The molecule has 0 N–H and O–H groups in total. The van der Waals surface area contributed by atoms with Gasteiger partial charge in [0.1, 0.15) is 11.5 Å². The lowest BCUT2D eigenvalue weighted by Crippen LogP contribution is -2.36. The Balaban J connectivity index is 1.72. The maximum atomic E-state index is 12.8. The Morgan fingerprint density at radius 3 is 2.67 bits per heavy atom. The summed E-state index contributed by atoms with van der Waals surface area (Å²) in [5.74, 6) is 2.02. The number of aromatic nitrogens is 2. The fourth-order valence-electron chi connectivity index (χ4n) is 4.05. The highest BCUT2D eigenvalue weighted by molar-refractivity contribution is 5.76. The first-order valence-electron chi connectivity index (χ1n) is 11.4. The van der Waals surface area contributed by atoms with Crippen LogP contribution >= 0.6 is 0 Å². The number of ether oxygens (including phenoxy) is 3. The molecular formula is C26H31N3O4. The standard InChI is InChI=1S/C26H31N3O4/c1-4-25(30)28(17-23-14-9-15-32-23)18-24-19(2)27-29(20-10-6-5-7-11-20)26(24)33-22-13-8-12-21(16-22)31-3/h5-8,10-13,16,23H,4,9,14-15,17-18H2,1-3H3. The number of benzene rings is 2. The number of aryl methyl sites for hydroxylation is 1. The summed E-state index contributed by atoms with van der Waals surface area (Å²) < 4.78 is 19.4. The molecule has 0 aliphatic carbocycles. The van der Waals surface area contributed by atoms with Crippen molar-refractivity contribution in [2.45, 2.75) is 45.8 Å². The van der Waals surface area contributed by atoms with E-state index < -0.39 is 0 Å². The van der Waals surface area contributed by atoms with Crippen LogP contribution in [0.1, 0.15) is 37.4 Å². The van der Waals surface area contributed by atoms with Crippen LogP contribution in [0, 0.1) is 6.92 Å². The van der Waals surface area contributed by atoms with Gasteiger partial charge < -0.3 is 19.1 Å². The quantitative estimate of drug-likeness (QED) is 0.465. The lowest BCUT2D eigenvalue weighted by Gasteiger charge is -2.25. The van der Waals surface area contributed by atoms with E-state index in [-0.39, 0.29) is 12.0 Å². The Morgan fingerprint density at radius 2 is 1.97 bits per heavy atom. The van der Waals surface area contributed by atoms with Crippen molar-refractivity contribution in [3.8, 4) is 23.1 Å². The molecule has 1 unspecified atom stereocenters. The van der Waals surface area contributed by atoms with Crippen LogP contribution < -0.4 is 9.47 Å². The average Bonchev–Trinajstić information content (AvgIpc) is 3.47. The highest BCUT2D eigenvalue weighted by Crippen LogP contribution is 2.33. The van der Waals surface area contributed by atoms with Gasteiger partial charge in [0, 0.05) is 25.6 Å². The number of hydrogen-bond donors (Lipinski definition) is 0. The topological polar surface area (TPSA) is 65.8 Å². The minimum atomic E-state index is 0.0766. The van der Waals surface area contributed by atoms with E-state index in [2.05, 4.69) is 0 Å². The zero-order chi connectivity index (χ0) is 23.2. The minimum absolute atomic E-state index is 0.0766. The van der Waals surface area contributed by atoms with Crippen molar-refractivity contribution in [3.05, 3.63) is 65.9 Å². The summed E-state index contributed by atoms with van der Waals surface area (Å²) in [6.07, 6.45) is 2.52. The number of carbonyl (C=O) groups excluding carboxylic acids is 1. The van der Waals surface area contributed by atoms with Crippen molar-refractivity contribution in [3.63, 3.8) is 0 Å². The van der Waals surface area contributed by atoms with E-state index in [9.17, 15) is 4.79 Å². The number of hydrogen-bond acceptors (Lipinski definition) is 5. The predicted molar refractivity (Wildman–Crippen MR) is 126 cm³/mol. The molecule has 7 nitrogen and oxygen atoms in total. The Kier molecular flexibility index (Phi) is 7.29. The summed E-state index contributed by atoms with van der Waals surface area (Å²) in [7, 11) is 1.63. The molecule has 33 heavy (non-hydrogen) atoms. The van der Waals surface area contributed by atoms with Crippen LogP contribution in [0.3, 0.4) is 0 Å². The van der Waals surface area contributed by atoms with Crippen LogP contribution in [0.25, 0.3) is 5.69 Å². The molecule has 174 valence electrons. The van der Waals surface area contributed by atoms with Gasteiger partial charge in [-0.2, -0.15) is 5.10 Å². The van der Waals surface area contributed by atoms with Gasteiger partial charge in [0.2, 0.25) is 11.8 Å². The third-order valence-corrected chi connectivity index (χ3v) is 5.85. The normalized spacial score (nSPS) is 15.4. The molecule has 1 atom stereocenters. The lowest BCUT2D eigenvalue weighted by molar-refractivity contribution is -0.133. The van der Waals surface area contributed by atoms with Crippen LogP contribution in [0.4, 0.5) is 0 Å². The van der Waals surface area contributed by atoms with Crippen molar-refractivity contribution in [1.82, 2.24) is 14.7 Å². The van der Waals surface area contributed by atoms with Crippen LogP contribution in [0.15, 0.2) is 54.6 Å². The Bertz CT molecular complexity index is 1070. The van der Waals surface area contributed by atoms with Crippen LogP contribution in [-0.4, -0.2) is 47.0 Å². The molecule has 1 fully saturated rings. The second-order valence-electron chi connectivity index (χ2n) is 8.16. The van der Waals surface area contributed by atoms with E-state index in [4.69, 9.17) is 19.3 Å². The molecule has 0 radical (unpaired) electrons. The summed E-state index contributed by atoms with van der Waals surface area (Å²) in [5.41, 5.74) is 2.58. The Morgan fingerprint density at radius 1 is 1.18 bits per heavy atom. The van der Waals surface area contributed by atoms with E-state index in [1.165, 1.54) is 0 Å². The zero-order valence-electron chi connectivity index (χ0n) is 19.5. The molecule has 4 rings (SSSR count). The first kappa shape index (κ1) is 22.9. The number of methoxy groups -OCH3 is 1. The highest BCUT2D eigenvalue weighted by Gasteiger charge is 2.26. The van der Waals surface area contributed by atoms with Crippen molar-refractivity contribution in [1.29, 1.82) is 0 Å². The molecule has 3 aromatic rings. The number of nitrogens with zero attached hydrogens (tertiary/aromatic N) is 3. The molecule has 0 saturated carbocycles. The molecule has 1 aliphatic heterocycles. The zero-order valence-corrected chi connectivity index (χ0v) is 19.5. The molecule has 0 spiro atoms. The Hall–Kier alpha value is -3.32. The van der Waals surface area contributed by atoms with Gasteiger partial charge in [0.05, 0.1) is 36.7 Å². The summed E-state index contributed by atoms with van der Waals surface area (Å²) in [6, 6.07) is 17.3.